The smallest absolute Gasteiger partial charge is 0.309 e. The lowest BCUT2D eigenvalue weighted by atomic mass is 10.0. The van der Waals surface area contributed by atoms with Gasteiger partial charge in [0.05, 0.1) is 13.0 Å². The predicted molar refractivity (Wildman–Crippen MR) is 65.3 cm³/mol. The summed E-state index contributed by atoms with van der Waals surface area (Å²) in [6.45, 7) is 7.44. The molecule has 0 spiro atoms. The van der Waals surface area contributed by atoms with Crippen LogP contribution in [0.2, 0.25) is 0 Å². The molecule has 0 aromatic carbocycles. The molecule has 0 saturated heterocycles. The van der Waals surface area contributed by atoms with Crippen molar-refractivity contribution in [3.05, 3.63) is 0 Å². The Hall–Kier alpha value is -0.570. The van der Waals surface area contributed by atoms with E-state index in [-0.39, 0.29) is 11.9 Å². The second-order valence-corrected chi connectivity index (χ2v) is 4.87. The third kappa shape index (κ3) is 3.48. The number of esters is 1. The van der Waals surface area contributed by atoms with Gasteiger partial charge in [0.25, 0.3) is 0 Å². The van der Waals surface area contributed by atoms with Crippen LogP contribution in [0.5, 0.6) is 0 Å². The van der Waals surface area contributed by atoms with Gasteiger partial charge in [0.1, 0.15) is 0 Å². The number of methoxy groups -OCH3 is 1. The number of rotatable bonds is 7. The Morgan fingerprint density at radius 2 is 2.06 bits per heavy atom. The van der Waals surface area contributed by atoms with Crippen LogP contribution < -0.4 is 0 Å². The quantitative estimate of drug-likeness (QED) is 0.626. The third-order valence-electron chi connectivity index (χ3n) is 3.61. The van der Waals surface area contributed by atoms with E-state index in [1.807, 2.05) is 6.92 Å². The van der Waals surface area contributed by atoms with E-state index in [1.165, 1.54) is 32.8 Å². The minimum absolute atomic E-state index is 0.0255. The fraction of sp³-hybridized carbons (Fsp3) is 0.923. The van der Waals surface area contributed by atoms with Gasteiger partial charge in [0.15, 0.2) is 0 Å². The molecule has 0 aliphatic heterocycles. The number of hydrogen-bond donors (Lipinski definition) is 0. The fourth-order valence-electron chi connectivity index (χ4n) is 2.14. The van der Waals surface area contributed by atoms with Crippen LogP contribution in [0.15, 0.2) is 0 Å². The summed E-state index contributed by atoms with van der Waals surface area (Å²) in [7, 11) is 1.47. The molecule has 0 radical (unpaired) electrons. The third-order valence-corrected chi connectivity index (χ3v) is 3.61. The average molecular weight is 227 g/mol. The van der Waals surface area contributed by atoms with Gasteiger partial charge in [-0.25, -0.2) is 0 Å². The Balaban J connectivity index is 2.51. The van der Waals surface area contributed by atoms with Crippen molar-refractivity contribution >= 4 is 5.97 Å². The van der Waals surface area contributed by atoms with Crippen molar-refractivity contribution in [1.29, 1.82) is 0 Å². The van der Waals surface area contributed by atoms with E-state index in [4.69, 9.17) is 4.74 Å². The van der Waals surface area contributed by atoms with E-state index in [1.54, 1.807) is 0 Å². The lowest BCUT2D eigenvalue weighted by molar-refractivity contribution is -0.147. The lowest BCUT2D eigenvalue weighted by Gasteiger charge is -2.32. The van der Waals surface area contributed by atoms with Crippen molar-refractivity contribution in [1.82, 2.24) is 4.90 Å². The van der Waals surface area contributed by atoms with Crippen LogP contribution in [0.1, 0.15) is 46.5 Å². The average Bonchev–Trinajstić information content (AvgIpc) is 3.11. The minimum Gasteiger partial charge on any atom is -0.469 e. The van der Waals surface area contributed by atoms with Crippen molar-refractivity contribution in [2.75, 3.05) is 13.7 Å². The van der Waals surface area contributed by atoms with Crippen LogP contribution in [-0.2, 0) is 9.53 Å². The molecule has 1 aliphatic rings. The number of carbonyl (C=O) groups is 1. The summed E-state index contributed by atoms with van der Waals surface area (Å²) in [5.41, 5.74) is 0. The number of nitrogens with zero attached hydrogens (tertiary/aromatic N) is 1. The van der Waals surface area contributed by atoms with Gasteiger partial charge in [-0.3, -0.25) is 9.69 Å². The topological polar surface area (TPSA) is 29.5 Å². The molecule has 94 valence electrons. The first-order valence-electron chi connectivity index (χ1n) is 6.45. The van der Waals surface area contributed by atoms with Crippen LogP contribution in [0, 0.1) is 5.92 Å². The maximum atomic E-state index is 11.5. The summed E-state index contributed by atoms with van der Waals surface area (Å²) in [6.07, 6.45) is 5.02. The zero-order chi connectivity index (χ0) is 12.1. The molecule has 0 N–H and O–H groups in total. The first kappa shape index (κ1) is 13.5. The largest absolute Gasteiger partial charge is 0.469 e. The highest BCUT2D eigenvalue weighted by atomic mass is 16.5. The predicted octanol–water partition coefficient (Wildman–Crippen LogP) is 2.45. The standard InChI is InChI=1S/C13H25NO2/c1-5-6-9-14(12-7-8-12)11(3)10(2)13(15)16-4/h10-12H,5-9H2,1-4H3. The molecule has 0 heterocycles. The van der Waals surface area contributed by atoms with Crippen molar-refractivity contribution in [2.24, 2.45) is 5.92 Å². The van der Waals surface area contributed by atoms with Gasteiger partial charge >= 0.3 is 5.97 Å². The van der Waals surface area contributed by atoms with Gasteiger partial charge in [-0.2, -0.15) is 0 Å². The van der Waals surface area contributed by atoms with Crippen molar-refractivity contribution in [2.45, 2.75) is 58.5 Å². The molecule has 2 atom stereocenters. The van der Waals surface area contributed by atoms with Gasteiger partial charge in [0, 0.05) is 12.1 Å². The second kappa shape index (κ2) is 6.24. The Labute approximate surface area is 99.1 Å². The number of unbranched alkanes of at least 4 members (excludes halogenated alkanes) is 1. The number of hydrogen-bond acceptors (Lipinski definition) is 3. The fourth-order valence-corrected chi connectivity index (χ4v) is 2.14. The molecule has 1 aliphatic carbocycles. The van der Waals surface area contributed by atoms with E-state index >= 15 is 0 Å². The molecule has 3 nitrogen and oxygen atoms in total. The minimum atomic E-state index is -0.0883. The van der Waals surface area contributed by atoms with E-state index in [0.717, 1.165) is 6.54 Å². The van der Waals surface area contributed by atoms with Crippen LogP contribution in [0.3, 0.4) is 0 Å². The molecule has 16 heavy (non-hydrogen) atoms. The van der Waals surface area contributed by atoms with Crippen LogP contribution in [0.4, 0.5) is 0 Å². The van der Waals surface area contributed by atoms with E-state index in [0.29, 0.717) is 12.1 Å². The number of ether oxygens (including phenoxy) is 1. The van der Waals surface area contributed by atoms with Gasteiger partial charge in [-0.1, -0.05) is 20.3 Å². The monoisotopic (exact) mass is 227 g/mol. The van der Waals surface area contributed by atoms with Gasteiger partial charge in [0.2, 0.25) is 0 Å². The Bertz CT molecular complexity index is 226. The van der Waals surface area contributed by atoms with Crippen LogP contribution in [-0.4, -0.2) is 36.6 Å². The highest BCUT2D eigenvalue weighted by Gasteiger charge is 2.35. The maximum absolute atomic E-state index is 11.5. The van der Waals surface area contributed by atoms with Crippen molar-refractivity contribution in [3.63, 3.8) is 0 Å². The Morgan fingerprint density at radius 3 is 2.50 bits per heavy atom. The van der Waals surface area contributed by atoms with Crippen molar-refractivity contribution in [3.8, 4) is 0 Å². The highest BCUT2D eigenvalue weighted by Crippen LogP contribution is 2.31. The first-order chi connectivity index (χ1) is 7.61. The van der Waals surface area contributed by atoms with Crippen LogP contribution >= 0.6 is 0 Å². The maximum Gasteiger partial charge on any atom is 0.309 e. The zero-order valence-electron chi connectivity index (χ0n) is 11.0. The summed E-state index contributed by atoms with van der Waals surface area (Å²) in [5.74, 6) is -0.114. The normalized spacial score (nSPS) is 19.6. The highest BCUT2D eigenvalue weighted by molar-refractivity contribution is 5.72. The molecule has 0 aromatic heterocycles. The van der Waals surface area contributed by atoms with Gasteiger partial charge < -0.3 is 4.74 Å². The van der Waals surface area contributed by atoms with E-state index in [9.17, 15) is 4.79 Å². The Kier molecular flexibility index (Phi) is 5.26. The first-order valence-corrected chi connectivity index (χ1v) is 6.45. The Morgan fingerprint density at radius 1 is 1.44 bits per heavy atom. The summed E-state index contributed by atoms with van der Waals surface area (Å²) in [5, 5.41) is 0. The molecular weight excluding hydrogens is 202 g/mol. The molecule has 1 saturated carbocycles. The molecule has 0 aromatic rings. The SMILES string of the molecule is CCCCN(C1CC1)C(C)C(C)C(=O)OC. The van der Waals surface area contributed by atoms with Gasteiger partial charge in [-0.05, 0) is 32.7 Å². The molecule has 0 amide bonds. The second-order valence-electron chi connectivity index (χ2n) is 4.87. The lowest BCUT2D eigenvalue weighted by Crippen LogP contribution is -2.42. The van der Waals surface area contributed by atoms with Gasteiger partial charge in [-0.15, -0.1) is 0 Å². The molecule has 2 unspecified atom stereocenters. The van der Waals surface area contributed by atoms with E-state index < -0.39 is 0 Å². The van der Waals surface area contributed by atoms with Crippen molar-refractivity contribution < 1.29 is 9.53 Å². The molecular formula is C13H25NO2. The summed E-state index contributed by atoms with van der Waals surface area (Å²) >= 11 is 0. The molecule has 1 rings (SSSR count). The molecule has 0 bridgehead atoms. The van der Waals surface area contributed by atoms with Crippen LogP contribution in [0.25, 0.3) is 0 Å². The molecule has 3 heteroatoms. The number of carbonyl (C=O) groups excluding carboxylic acids is 1. The zero-order valence-corrected chi connectivity index (χ0v) is 11.0. The summed E-state index contributed by atoms with van der Waals surface area (Å²) in [6, 6.07) is 1.01. The summed E-state index contributed by atoms with van der Waals surface area (Å²) < 4.78 is 4.82. The molecule has 1 fully saturated rings. The summed E-state index contributed by atoms with van der Waals surface area (Å²) in [4.78, 5) is 14.0. The van der Waals surface area contributed by atoms with E-state index in [2.05, 4.69) is 18.7 Å².